The monoisotopic (exact) mass is 228 g/mol. The Hall–Kier alpha value is -1.83. The molecule has 1 heterocycles. The maximum atomic E-state index is 5.93. The van der Waals surface area contributed by atoms with E-state index in [4.69, 9.17) is 5.73 Å². The summed E-state index contributed by atoms with van der Waals surface area (Å²) in [6.07, 6.45) is 1.72. The minimum atomic E-state index is 0.731. The molecular weight excluding hydrogens is 208 g/mol. The normalized spacial score (nSPS) is 9.41. The van der Waals surface area contributed by atoms with Crippen LogP contribution >= 0.6 is 0 Å². The number of hydrogen-bond donors (Lipinski definition) is 1. The van der Waals surface area contributed by atoms with Gasteiger partial charge in [0, 0.05) is 11.3 Å². The smallest absolute Gasteiger partial charge is 0.0580 e. The third kappa shape index (κ3) is 3.06. The molecule has 0 saturated carbocycles. The van der Waals surface area contributed by atoms with Crippen LogP contribution in [0.2, 0.25) is 0 Å². The van der Waals surface area contributed by atoms with Gasteiger partial charge in [0.1, 0.15) is 0 Å². The summed E-state index contributed by atoms with van der Waals surface area (Å²) in [5, 5.41) is 0. The molecule has 0 aliphatic rings. The lowest BCUT2D eigenvalue weighted by atomic mass is 10.00. The summed E-state index contributed by atoms with van der Waals surface area (Å²) in [5.41, 5.74) is 11.1. The Morgan fingerprint density at radius 1 is 1.00 bits per heavy atom. The number of nitrogens with zero attached hydrogens (tertiary/aromatic N) is 1. The van der Waals surface area contributed by atoms with Gasteiger partial charge in [-0.25, -0.2) is 0 Å². The zero-order chi connectivity index (χ0) is 12.8. The van der Waals surface area contributed by atoms with E-state index in [9.17, 15) is 0 Å². The Morgan fingerprint density at radius 2 is 1.65 bits per heavy atom. The molecular formula is C15H20N2. The van der Waals surface area contributed by atoms with Crippen LogP contribution in [0, 0.1) is 13.8 Å². The maximum absolute atomic E-state index is 5.93. The van der Waals surface area contributed by atoms with Crippen LogP contribution in [-0.2, 0) is 0 Å². The van der Waals surface area contributed by atoms with Gasteiger partial charge in [0.15, 0.2) is 0 Å². The molecule has 0 aliphatic heterocycles. The molecule has 1 aromatic heterocycles. The van der Waals surface area contributed by atoms with Crippen LogP contribution in [0.3, 0.4) is 0 Å². The van der Waals surface area contributed by atoms with Crippen molar-refractivity contribution in [2.24, 2.45) is 0 Å². The van der Waals surface area contributed by atoms with Crippen molar-refractivity contribution in [3.8, 4) is 11.1 Å². The predicted molar refractivity (Wildman–Crippen MR) is 74.9 cm³/mol. The van der Waals surface area contributed by atoms with E-state index in [1.165, 1.54) is 11.1 Å². The summed E-state index contributed by atoms with van der Waals surface area (Å²) in [6.45, 7) is 8.06. The van der Waals surface area contributed by atoms with E-state index in [0.717, 1.165) is 16.9 Å². The van der Waals surface area contributed by atoms with Gasteiger partial charge in [-0.15, -0.1) is 0 Å². The minimum Gasteiger partial charge on any atom is -0.397 e. The fraction of sp³-hybridized carbons (Fsp3) is 0.267. The third-order valence-electron chi connectivity index (χ3n) is 2.51. The van der Waals surface area contributed by atoms with Gasteiger partial charge in [0.05, 0.1) is 11.9 Å². The predicted octanol–water partition coefficient (Wildman–Crippen LogP) is 3.97. The van der Waals surface area contributed by atoms with Crippen molar-refractivity contribution in [3.05, 3.63) is 47.8 Å². The summed E-state index contributed by atoms with van der Waals surface area (Å²) in [7, 11) is 0. The lowest BCUT2D eigenvalue weighted by Crippen LogP contribution is -1.94. The first-order chi connectivity index (χ1) is 8.18. The van der Waals surface area contributed by atoms with E-state index >= 15 is 0 Å². The molecule has 0 radical (unpaired) electrons. The van der Waals surface area contributed by atoms with E-state index in [-0.39, 0.29) is 0 Å². The van der Waals surface area contributed by atoms with Gasteiger partial charge in [0.2, 0.25) is 0 Å². The Kier molecular flexibility index (Phi) is 4.70. The zero-order valence-corrected chi connectivity index (χ0v) is 11.0. The zero-order valence-electron chi connectivity index (χ0n) is 11.0. The maximum Gasteiger partial charge on any atom is 0.0580 e. The Bertz CT molecular complexity index is 490. The summed E-state index contributed by atoms with van der Waals surface area (Å²) in [6, 6.07) is 10.3. The van der Waals surface area contributed by atoms with Crippen molar-refractivity contribution in [3.63, 3.8) is 0 Å². The average molecular weight is 228 g/mol. The Balaban J connectivity index is 0.000000686. The molecule has 0 aliphatic carbocycles. The molecule has 0 spiro atoms. The van der Waals surface area contributed by atoms with Crippen LogP contribution < -0.4 is 5.73 Å². The molecule has 0 fully saturated rings. The number of aromatic nitrogens is 1. The number of benzene rings is 1. The van der Waals surface area contributed by atoms with Crippen LogP contribution in [0.25, 0.3) is 11.1 Å². The van der Waals surface area contributed by atoms with Crippen molar-refractivity contribution in [1.82, 2.24) is 4.98 Å². The summed E-state index contributed by atoms with van der Waals surface area (Å²) < 4.78 is 0. The van der Waals surface area contributed by atoms with E-state index in [0.29, 0.717) is 0 Å². The second-order valence-electron chi connectivity index (χ2n) is 3.73. The van der Waals surface area contributed by atoms with Crippen LogP contribution in [-0.4, -0.2) is 4.98 Å². The quantitative estimate of drug-likeness (QED) is 0.802. The molecule has 2 rings (SSSR count). The second-order valence-corrected chi connectivity index (χ2v) is 3.73. The number of nitrogens with two attached hydrogens (primary N) is 1. The van der Waals surface area contributed by atoms with Crippen molar-refractivity contribution < 1.29 is 0 Å². The van der Waals surface area contributed by atoms with Gasteiger partial charge in [-0.3, -0.25) is 4.98 Å². The van der Waals surface area contributed by atoms with Gasteiger partial charge in [-0.05, 0) is 31.0 Å². The molecule has 2 nitrogen and oxygen atoms in total. The van der Waals surface area contributed by atoms with E-state index in [1.807, 2.05) is 39.0 Å². The molecule has 0 amide bonds. The van der Waals surface area contributed by atoms with Gasteiger partial charge >= 0.3 is 0 Å². The summed E-state index contributed by atoms with van der Waals surface area (Å²) in [5.74, 6) is 0. The lowest BCUT2D eigenvalue weighted by molar-refractivity contribution is 1.20. The van der Waals surface area contributed by atoms with Crippen LogP contribution in [0.4, 0.5) is 5.69 Å². The first-order valence-electron chi connectivity index (χ1n) is 5.96. The molecule has 0 saturated heterocycles. The molecule has 90 valence electrons. The Labute approximate surface area is 104 Å². The molecule has 1 aromatic carbocycles. The highest BCUT2D eigenvalue weighted by atomic mass is 14.7. The molecule has 2 heteroatoms. The average Bonchev–Trinajstić information content (AvgIpc) is 2.36. The molecule has 0 atom stereocenters. The van der Waals surface area contributed by atoms with E-state index in [2.05, 4.69) is 24.0 Å². The highest BCUT2D eigenvalue weighted by molar-refractivity contribution is 5.77. The topological polar surface area (TPSA) is 38.9 Å². The van der Waals surface area contributed by atoms with Gasteiger partial charge in [-0.1, -0.05) is 38.1 Å². The van der Waals surface area contributed by atoms with Gasteiger partial charge in [0.25, 0.3) is 0 Å². The van der Waals surface area contributed by atoms with Gasteiger partial charge < -0.3 is 5.73 Å². The fourth-order valence-electron chi connectivity index (χ4n) is 1.68. The number of hydrogen-bond acceptors (Lipinski definition) is 2. The van der Waals surface area contributed by atoms with Crippen LogP contribution in [0.1, 0.15) is 25.1 Å². The molecule has 0 unspecified atom stereocenters. The SMILES string of the molecule is CC.Cc1cc(-c2ccccc2C)c(N)cn1. The van der Waals surface area contributed by atoms with Crippen molar-refractivity contribution >= 4 is 5.69 Å². The molecule has 2 aromatic rings. The highest BCUT2D eigenvalue weighted by Crippen LogP contribution is 2.28. The highest BCUT2D eigenvalue weighted by Gasteiger charge is 2.05. The van der Waals surface area contributed by atoms with E-state index in [1.54, 1.807) is 6.20 Å². The van der Waals surface area contributed by atoms with E-state index < -0.39 is 0 Å². The molecule has 0 bridgehead atoms. The minimum absolute atomic E-state index is 0.731. The molecule has 17 heavy (non-hydrogen) atoms. The third-order valence-corrected chi connectivity index (χ3v) is 2.51. The van der Waals surface area contributed by atoms with Crippen LogP contribution in [0.5, 0.6) is 0 Å². The number of anilines is 1. The largest absolute Gasteiger partial charge is 0.397 e. The standard InChI is InChI=1S/C13H14N2.C2H6/c1-9-5-3-4-6-11(9)12-7-10(2)15-8-13(12)14;1-2/h3-8H,14H2,1-2H3;1-2H3. The summed E-state index contributed by atoms with van der Waals surface area (Å²) in [4.78, 5) is 4.17. The molecule has 2 N–H and O–H groups in total. The second kappa shape index (κ2) is 6.04. The fourth-order valence-corrected chi connectivity index (χ4v) is 1.68. The number of nitrogen functional groups attached to an aromatic ring is 1. The van der Waals surface area contributed by atoms with Crippen molar-refractivity contribution in [1.29, 1.82) is 0 Å². The van der Waals surface area contributed by atoms with Crippen molar-refractivity contribution in [2.75, 3.05) is 5.73 Å². The Morgan fingerprint density at radius 3 is 2.29 bits per heavy atom. The number of aryl methyl sites for hydroxylation is 2. The van der Waals surface area contributed by atoms with Crippen LogP contribution in [0.15, 0.2) is 36.5 Å². The van der Waals surface area contributed by atoms with Crippen molar-refractivity contribution in [2.45, 2.75) is 27.7 Å². The first-order valence-corrected chi connectivity index (χ1v) is 5.96. The van der Waals surface area contributed by atoms with Gasteiger partial charge in [-0.2, -0.15) is 0 Å². The first kappa shape index (κ1) is 13.2. The lowest BCUT2D eigenvalue weighted by Gasteiger charge is -2.09. The summed E-state index contributed by atoms with van der Waals surface area (Å²) >= 11 is 0. The number of rotatable bonds is 1. The number of pyridine rings is 1.